The minimum atomic E-state index is 0.320. The maximum absolute atomic E-state index is 5.74. The van der Waals surface area contributed by atoms with E-state index in [2.05, 4.69) is 33.1 Å². The molecule has 0 aromatic carbocycles. The summed E-state index contributed by atoms with van der Waals surface area (Å²) in [5, 5.41) is 0. The van der Waals surface area contributed by atoms with Crippen molar-refractivity contribution >= 4 is 5.84 Å². The first kappa shape index (κ1) is 14.4. The molecule has 4 aliphatic carbocycles. The predicted molar refractivity (Wildman–Crippen MR) is 84.4 cm³/mol. The lowest BCUT2D eigenvalue weighted by Gasteiger charge is -2.65. The Hall–Kier alpha value is -0.570. The van der Waals surface area contributed by atoms with Gasteiger partial charge in [-0.25, -0.2) is 5.84 Å². The average molecular weight is 277 g/mol. The summed E-state index contributed by atoms with van der Waals surface area (Å²) in [5.41, 5.74) is 4.49. The van der Waals surface area contributed by atoms with Gasteiger partial charge >= 0.3 is 0 Å². The highest BCUT2D eigenvalue weighted by molar-refractivity contribution is 5.82. The highest BCUT2D eigenvalue weighted by Gasteiger charge is 2.60. The van der Waals surface area contributed by atoms with E-state index in [-0.39, 0.29) is 0 Å². The van der Waals surface area contributed by atoms with Gasteiger partial charge in [0.15, 0.2) is 0 Å². The van der Waals surface area contributed by atoms with E-state index in [0.29, 0.717) is 22.3 Å². The minimum absolute atomic E-state index is 0.320. The van der Waals surface area contributed by atoms with Crippen LogP contribution in [0.5, 0.6) is 0 Å². The van der Waals surface area contributed by atoms with Gasteiger partial charge in [-0.2, -0.15) is 0 Å². The van der Waals surface area contributed by atoms with Crippen molar-refractivity contribution in [2.45, 2.75) is 78.7 Å². The first-order chi connectivity index (χ1) is 9.26. The van der Waals surface area contributed by atoms with Gasteiger partial charge in [0.1, 0.15) is 5.84 Å². The summed E-state index contributed by atoms with van der Waals surface area (Å²) in [5.74, 6) is 7.70. The molecule has 0 heterocycles. The first-order valence-electron chi connectivity index (χ1n) is 8.29. The molecule has 0 aromatic rings. The summed E-state index contributed by atoms with van der Waals surface area (Å²) in [7, 11) is 0. The highest BCUT2D eigenvalue weighted by atomic mass is 15.3. The molecule has 0 aromatic heterocycles. The smallest absolute Gasteiger partial charge is 0.111 e. The Balaban J connectivity index is 1.85. The van der Waals surface area contributed by atoms with E-state index in [1.807, 2.05) is 0 Å². The largest absolute Gasteiger partial charge is 0.312 e. The van der Waals surface area contributed by atoms with Crippen LogP contribution in [0.2, 0.25) is 0 Å². The van der Waals surface area contributed by atoms with Crippen LogP contribution in [0.3, 0.4) is 0 Å². The number of rotatable bonds is 3. The van der Waals surface area contributed by atoms with Gasteiger partial charge in [-0.3, -0.25) is 4.99 Å². The van der Waals surface area contributed by atoms with Crippen molar-refractivity contribution in [3.63, 3.8) is 0 Å². The lowest BCUT2D eigenvalue weighted by molar-refractivity contribution is -0.141. The van der Waals surface area contributed by atoms with Crippen molar-refractivity contribution in [2.24, 2.45) is 33.0 Å². The van der Waals surface area contributed by atoms with Gasteiger partial charge in [-0.1, -0.05) is 13.8 Å². The lowest BCUT2D eigenvalue weighted by atomic mass is 9.40. The molecule has 0 radical (unpaired) electrons. The fourth-order valence-electron chi connectivity index (χ4n) is 6.68. The second kappa shape index (κ2) is 4.46. The molecule has 0 saturated heterocycles. The van der Waals surface area contributed by atoms with Crippen molar-refractivity contribution in [1.29, 1.82) is 0 Å². The molecule has 4 bridgehead atoms. The minimum Gasteiger partial charge on any atom is -0.312 e. The third-order valence-electron chi connectivity index (χ3n) is 5.86. The van der Waals surface area contributed by atoms with E-state index in [9.17, 15) is 0 Å². The fourth-order valence-corrected chi connectivity index (χ4v) is 6.68. The number of aliphatic imine (C=N–C) groups is 1. The number of hydrogen-bond donors (Lipinski definition) is 2. The standard InChI is InChI=1S/C17H31N3/c1-12(2)19-14(20-18)8-17-7-13-5-15(3,10-17)9-16(4,6-13)11-17/h12-13H,5-11,18H2,1-4H3,(H,19,20). The summed E-state index contributed by atoms with van der Waals surface area (Å²) < 4.78 is 0. The van der Waals surface area contributed by atoms with E-state index in [0.717, 1.165) is 18.2 Å². The molecular weight excluding hydrogens is 246 g/mol. The molecule has 0 spiro atoms. The van der Waals surface area contributed by atoms with Gasteiger partial charge in [-0.15, -0.1) is 0 Å². The predicted octanol–water partition coefficient (Wildman–Crippen LogP) is 3.64. The Morgan fingerprint density at radius 2 is 1.75 bits per heavy atom. The molecule has 20 heavy (non-hydrogen) atoms. The number of nitrogens with zero attached hydrogens (tertiary/aromatic N) is 1. The average Bonchev–Trinajstić information content (AvgIpc) is 2.21. The number of hydrazine groups is 1. The van der Waals surface area contributed by atoms with Crippen LogP contribution in [-0.2, 0) is 0 Å². The third kappa shape index (κ3) is 2.49. The van der Waals surface area contributed by atoms with Gasteiger partial charge in [0.2, 0.25) is 0 Å². The van der Waals surface area contributed by atoms with Gasteiger partial charge in [0.05, 0.1) is 0 Å². The van der Waals surface area contributed by atoms with E-state index >= 15 is 0 Å². The Labute approximate surface area is 123 Å². The van der Waals surface area contributed by atoms with E-state index in [1.54, 1.807) is 0 Å². The molecule has 3 N–H and O–H groups in total. The summed E-state index contributed by atoms with van der Waals surface area (Å²) >= 11 is 0. The van der Waals surface area contributed by atoms with Crippen molar-refractivity contribution in [1.82, 2.24) is 5.43 Å². The Kier molecular flexibility index (Phi) is 3.20. The van der Waals surface area contributed by atoms with Gasteiger partial charge < -0.3 is 5.43 Å². The van der Waals surface area contributed by atoms with Crippen LogP contribution in [0, 0.1) is 22.2 Å². The maximum atomic E-state index is 5.74. The molecule has 4 rings (SSSR count). The summed E-state index contributed by atoms with van der Waals surface area (Å²) in [6.07, 6.45) is 9.56. The van der Waals surface area contributed by atoms with Crippen LogP contribution in [0.4, 0.5) is 0 Å². The quantitative estimate of drug-likeness (QED) is 0.358. The molecule has 114 valence electrons. The zero-order valence-corrected chi connectivity index (χ0v) is 13.6. The molecule has 2 atom stereocenters. The maximum Gasteiger partial charge on any atom is 0.111 e. The Morgan fingerprint density at radius 3 is 2.20 bits per heavy atom. The number of nitrogens with two attached hydrogens (primary N) is 1. The second-order valence-electron chi connectivity index (χ2n) is 9.12. The second-order valence-corrected chi connectivity index (χ2v) is 9.12. The molecule has 2 unspecified atom stereocenters. The molecule has 4 fully saturated rings. The highest BCUT2D eigenvalue weighted by Crippen LogP contribution is 2.70. The van der Waals surface area contributed by atoms with Crippen LogP contribution in [-0.4, -0.2) is 11.9 Å². The number of amidine groups is 1. The van der Waals surface area contributed by atoms with E-state index in [4.69, 9.17) is 10.8 Å². The normalized spacial score (nSPS) is 47.1. The molecule has 0 amide bonds. The van der Waals surface area contributed by atoms with Gasteiger partial charge in [0.25, 0.3) is 0 Å². The van der Waals surface area contributed by atoms with Crippen LogP contribution in [0.1, 0.15) is 72.6 Å². The van der Waals surface area contributed by atoms with Crippen LogP contribution in [0.25, 0.3) is 0 Å². The van der Waals surface area contributed by atoms with Crippen LogP contribution in [0.15, 0.2) is 4.99 Å². The van der Waals surface area contributed by atoms with Crippen molar-refractivity contribution in [2.75, 3.05) is 0 Å². The Morgan fingerprint density at radius 1 is 1.15 bits per heavy atom. The van der Waals surface area contributed by atoms with E-state index in [1.165, 1.54) is 38.5 Å². The molecule has 3 nitrogen and oxygen atoms in total. The molecule has 4 saturated carbocycles. The molecular formula is C17H31N3. The summed E-state index contributed by atoms with van der Waals surface area (Å²) in [4.78, 5) is 4.70. The van der Waals surface area contributed by atoms with Gasteiger partial charge in [-0.05, 0) is 74.5 Å². The lowest BCUT2D eigenvalue weighted by Crippen LogP contribution is -2.56. The SMILES string of the molecule is CC(C)N=C(CC12CC3CC(C)(CC(C)(C3)C1)C2)NN. The Bertz CT molecular complexity index is 408. The van der Waals surface area contributed by atoms with E-state index < -0.39 is 0 Å². The van der Waals surface area contributed by atoms with Gasteiger partial charge in [0, 0.05) is 12.5 Å². The van der Waals surface area contributed by atoms with Crippen LogP contribution >= 0.6 is 0 Å². The topological polar surface area (TPSA) is 50.4 Å². The third-order valence-corrected chi connectivity index (χ3v) is 5.86. The zero-order chi connectivity index (χ0) is 14.6. The van der Waals surface area contributed by atoms with Crippen molar-refractivity contribution < 1.29 is 0 Å². The van der Waals surface area contributed by atoms with Crippen LogP contribution < -0.4 is 11.3 Å². The molecule has 0 aliphatic heterocycles. The fraction of sp³-hybridized carbons (Fsp3) is 0.941. The number of hydrogen-bond acceptors (Lipinski definition) is 2. The summed E-state index contributed by atoms with van der Waals surface area (Å²) in [6.45, 7) is 9.30. The first-order valence-corrected chi connectivity index (χ1v) is 8.29. The number of nitrogens with one attached hydrogen (secondary N) is 1. The monoisotopic (exact) mass is 277 g/mol. The molecule has 4 aliphatic rings. The summed E-state index contributed by atoms with van der Waals surface area (Å²) in [6, 6.07) is 0.320. The van der Waals surface area contributed by atoms with Crippen molar-refractivity contribution in [3.05, 3.63) is 0 Å². The zero-order valence-electron chi connectivity index (χ0n) is 13.6. The van der Waals surface area contributed by atoms with Crippen molar-refractivity contribution in [3.8, 4) is 0 Å². The molecule has 3 heteroatoms.